The largest absolute Gasteiger partial charge is 0.486 e. The Kier molecular flexibility index (Phi) is 4.07. The summed E-state index contributed by atoms with van der Waals surface area (Å²) in [6.07, 6.45) is -0.785. The van der Waals surface area contributed by atoms with Crippen molar-refractivity contribution in [2.45, 2.75) is 38.5 Å². The zero-order valence-electron chi connectivity index (χ0n) is 13.2. The molecular weight excluding hydrogens is 285 g/mol. The number of benzene rings is 1. The highest BCUT2D eigenvalue weighted by Crippen LogP contribution is 2.38. The molecule has 3 rings (SSSR count). The lowest BCUT2D eigenvalue weighted by Crippen LogP contribution is -2.53. The molecule has 7 heteroatoms. The van der Waals surface area contributed by atoms with Crippen LogP contribution in [0.15, 0.2) is 18.2 Å². The normalized spacial score (nSPS) is 25.0. The van der Waals surface area contributed by atoms with E-state index in [1.165, 1.54) is 0 Å². The Morgan fingerprint density at radius 3 is 2.64 bits per heavy atom. The van der Waals surface area contributed by atoms with Crippen molar-refractivity contribution < 1.29 is 24.3 Å². The van der Waals surface area contributed by atoms with Gasteiger partial charge >= 0.3 is 7.05 Å². The predicted molar refractivity (Wildman–Crippen MR) is 81.9 cm³/mol. The van der Waals surface area contributed by atoms with Crippen molar-refractivity contribution in [1.82, 2.24) is 4.81 Å². The van der Waals surface area contributed by atoms with Crippen LogP contribution in [0.5, 0.6) is 11.5 Å². The van der Waals surface area contributed by atoms with Gasteiger partial charge < -0.3 is 24.3 Å². The van der Waals surface area contributed by atoms with Crippen LogP contribution in [0.1, 0.15) is 25.5 Å². The van der Waals surface area contributed by atoms with E-state index in [1.54, 1.807) is 23.8 Å². The molecule has 120 valence electrons. The standard InChI is InChI=1S/C15H22BNO5/c1-15(2)17(16(3)19)11(9-22-15)14(18)10-4-5-12-13(8-10)21-7-6-20-12/h4-5,8,11,14,18-19H,6-7,9H2,1-3H3/t11-,14-/m1/s1. The fraction of sp³-hybridized carbons (Fsp3) is 0.600. The molecule has 0 saturated carbocycles. The zero-order chi connectivity index (χ0) is 15.9. The quantitative estimate of drug-likeness (QED) is 0.813. The number of fused-ring (bicyclic) bond motifs is 1. The molecule has 0 bridgehead atoms. The van der Waals surface area contributed by atoms with Crippen LogP contribution >= 0.6 is 0 Å². The maximum atomic E-state index is 10.7. The predicted octanol–water partition coefficient (Wildman–Crippen LogP) is 1.04. The lowest BCUT2D eigenvalue weighted by atomic mass is 9.79. The molecule has 0 aliphatic carbocycles. The molecule has 0 aromatic heterocycles. The molecule has 1 saturated heterocycles. The molecule has 2 aliphatic heterocycles. The molecule has 6 nitrogen and oxygen atoms in total. The van der Waals surface area contributed by atoms with Gasteiger partial charge in [-0.2, -0.15) is 0 Å². The smallest absolute Gasteiger partial charge is 0.379 e. The minimum atomic E-state index is -0.785. The second kappa shape index (κ2) is 5.74. The molecule has 0 amide bonds. The van der Waals surface area contributed by atoms with Crippen molar-refractivity contribution in [3.8, 4) is 11.5 Å². The van der Waals surface area contributed by atoms with Gasteiger partial charge in [-0.15, -0.1) is 0 Å². The molecule has 2 N–H and O–H groups in total. The van der Waals surface area contributed by atoms with Gasteiger partial charge in [-0.25, -0.2) is 0 Å². The number of rotatable bonds is 3. The van der Waals surface area contributed by atoms with Crippen LogP contribution in [-0.4, -0.2) is 53.6 Å². The average Bonchev–Trinajstić information content (AvgIpc) is 2.81. The van der Waals surface area contributed by atoms with E-state index < -0.39 is 18.9 Å². The zero-order valence-corrected chi connectivity index (χ0v) is 13.2. The van der Waals surface area contributed by atoms with Gasteiger partial charge in [0.1, 0.15) is 18.9 Å². The van der Waals surface area contributed by atoms with Crippen LogP contribution in [0.25, 0.3) is 0 Å². The van der Waals surface area contributed by atoms with Crippen LogP contribution in [0, 0.1) is 0 Å². The van der Waals surface area contributed by atoms with Crippen molar-refractivity contribution in [3.05, 3.63) is 23.8 Å². The van der Waals surface area contributed by atoms with E-state index >= 15 is 0 Å². The Balaban J connectivity index is 1.85. The second-order valence-electron chi connectivity index (χ2n) is 6.21. The van der Waals surface area contributed by atoms with Crippen molar-refractivity contribution in [2.24, 2.45) is 0 Å². The average molecular weight is 307 g/mol. The van der Waals surface area contributed by atoms with E-state index in [2.05, 4.69) is 0 Å². The third-order valence-corrected chi connectivity index (χ3v) is 4.26. The van der Waals surface area contributed by atoms with Crippen LogP contribution in [0.2, 0.25) is 6.82 Å². The number of nitrogens with zero attached hydrogens (tertiary/aromatic N) is 1. The SMILES string of the molecule is CB(O)N1[C@@H]([C@H](O)c2ccc3c(c2)OCCO3)COC1(C)C. The molecule has 0 spiro atoms. The number of aliphatic hydroxyl groups is 1. The maximum Gasteiger partial charge on any atom is 0.379 e. The Labute approximate surface area is 130 Å². The number of ether oxygens (including phenoxy) is 3. The highest BCUT2D eigenvalue weighted by atomic mass is 16.6. The molecule has 22 heavy (non-hydrogen) atoms. The summed E-state index contributed by atoms with van der Waals surface area (Å²) < 4.78 is 16.8. The summed E-state index contributed by atoms with van der Waals surface area (Å²) in [7, 11) is -0.714. The topological polar surface area (TPSA) is 71.4 Å². The Morgan fingerprint density at radius 2 is 1.95 bits per heavy atom. The van der Waals surface area contributed by atoms with Gasteiger partial charge in [0.05, 0.1) is 18.8 Å². The van der Waals surface area contributed by atoms with E-state index in [1.807, 2.05) is 19.9 Å². The Hall–Kier alpha value is -1.28. The molecular formula is C15H22BNO5. The number of hydrogen-bond acceptors (Lipinski definition) is 6. The van der Waals surface area contributed by atoms with Crippen LogP contribution < -0.4 is 9.47 Å². The van der Waals surface area contributed by atoms with Gasteiger partial charge in [-0.3, -0.25) is 4.81 Å². The fourth-order valence-electron chi connectivity index (χ4n) is 3.28. The second-order valence-corrected chi connectivity index (χ2v) is 6.21. The van der Waals surface area contributed by atoms with E-state index in [0.717, 1.165) is 5.56 Å². The first-order valence-electron chi connectivity index (χ1n) is 7.58. The minimum Gasteiger partial charge on any atom is -0.486 e. The molecule has 1 aromatic carbocycles. The Bertz CT molecular complexity index is 551. The third-order valence-electron chi connectivity index (χ3n) is 4.26. The molecule has 1 fully saturated rings. The fourth-order valence-corrected chi connectivity index (χ4v) is 3.28. The summed E-state index contributed by atoms with van der Waals surface area (Å²) in [6.45, 7) is 6.85. The lowest BCUT2D eigenvalue weighted by molar-refractivity contribution is -0.0259. The van der Waals surface area contributed by atoms with E-state index in [0.29, 0.717) is 31.3 Å². The van der Waals surface area contributed by atoms with E-state index in [-0.39, 0.29) is 6.04 Å². The van der Waals surface area contributed by atoms with Gasteiger partial charge in [-0.05, 0) is 38.4 Å². The summed E-state index contributed by atoms with van der Waals surface area (Å²) in [5, 5.41) is 20.8. The van der Waals surface area contributed by atoms with Gasteiger partial charge in [0, 0.05) is 0 Å². The van der Waals surface area contributed by atoms with Gasteiger partial charge in [0.2, 0.25) is 0 Å². The lowest BCUT2D eigenvalue weighted by Gasteiger charge is -2.36. The highest BCUT2D eigenvalue weighted by molar-refractivity contribution is 6.45. The minimum absolute atomic E-state index is 0.322. The first-order valence-corrected chi connectivity index (χ1v) is 7.58. The van der Waals surface area contributed by atoms with Crippen molar-refractivity contribution in [3.63, 3.8) is 0 Å². The summed E-state index contributed by atoms with van der Waals surface area (Å²) >= 11 is 0. The highest BCUT2D eigenvalue weighted by Gasteiger charge is 2.47. The summed E-state index contributed by atoms with van der Waals surface area (Å²) in [5.74, 6) is 1.34. The molecule has 2 aliphatic rings. The molecule has 1 aromatic rings. The van der Waals surface area contributed by atoms with Crippen molar-refractivity contribution in [1.29, 1.82) is 0 Å². The molecule has 2 heterocycles. The monoisotopic (exact) mass is 307 g/mol. The third kappa shape index (κ3) is 2.69. The van der Waals surface area contributed by atoms with Crippen LogP contribution in [0.4, 0.5) is 0 Å². The van der Waals surface area contributed by atoms with Crippen molar-refractivity contribution >= 4 is 7.05 Å². The van der Waals surface area contributed by atoms with E-state index in [4.69, 9.17) is 14.2 Å². The summed E-state index contributed by atoms with van der Waals surface area (Å²) in [4.78, 5) is 1.79. The van der Waals surface area contributed by atoms with E-state index in [9.17, 15) is 10.1 Å². The van der Waals surface area contributed by atoms with Crippen molar-refractivity contribution in [2.75, 3.05) is 19.8 Å². The number of hydrogen-bond donors (Lipinski definition) is 2. The van der Waals surface area contributed by atoms with Crippen LogP contribution in [-0.2, 0) is 4.74 Å². The first kappa shape index (κ1) is 15.6. The molecule has 2 atom stereocenters. The summed E-state index contributed by atoms with van der Waals surface area (Å²) in [6, 6.07) is 5.10. The Morgan fingerprint density at radius 1 is 1.27 bits per heavy atom. The van der Waals surface area contributed by atoms with Gasteiger partial charge in [-0.1, -0.05) is 6.07 Å². The summed E-state index contributed by atoms with van der Waals surface area (Å²) in [5.41, 5.74) is 0.106. The van der Waals surface area contributed by atoms with Gasteiger partial charge in [0.15, 0.2) is 11.5 Å². The molecule has 0 unspecified atom stereocenters. The maximum absolute atomic E-state index is 10.7. The number of aliphatic hydroxyl groups excluding tert-OH is 1. The van der Waals surface area contributed by atoms with Gasteiger partial charge in [0.25, 0.3) is 0 Å². The molecule has 0 radical (unpaired) electrons. The van der Waals surface area contributed by atoms with Crippen LogP contribution in [0.3, 0.4) is 0 Å². The first-order chi connectivity index (χ1) is 10.4.